The van der Waals surface area contributed by atoms with Crippen LogP contribution >= 0.6 is 0 Å². The summed E-state index contributed by atoms with van der Waals surface area (Å²) in [7, 11) is 0. The van der Waals surface area contributed by atoms with Gasteiger partial charge < -0.3 is 9.73 Å². The van der Waals surface area contributed by atoms with Gasteiger partial charge in [0.1, 0.15) is 5.76 Å². The molecule has 104 valence electrons. The van der Waals surface area contributed by atoms with Crippen LogP contribution in [0.2, 0.25) is 0 Å². The van der Waals surface area contributed by atoms with E-state index in [0.29, 0.717) is 5.92 Å². The van der Waals surface area contributed by atoms with Crippen LogP contribution in [0.25, 0.3) is 0 Å². The average Bonchev–Trinajstić information content (AvgIpc) is 2.80. The third-order valence-electron chi connectivity index (χ3n) is 3.02. The van der Waals surface area contributed by atoms with E-state index in [2.05, 4.69) is 37.9 Å². The Hall–Kier alpha value is -0.800. The fourth-order valence-corrected chi connectivity index (χ4v) is 2.05. The summed E-state index contributed by atoms with van der Waals surface area (Å²) >= 11 is 0. The Morgan fingerprint density at radius 2 is 2.06 bits per heavy atom. The van der Waals surface area contributed by atoms with E-state index in [1.165, 1.54) is 0 Å². The monoisotopic (exact) mass is 252 g/mol. The van der Waals surface area contributed by atoms with E-state index in [0.717, 1.165) is 44.4 Å². The van der Waals surface area contributed by atoms with Crippen molar-refractivity contribution in [1.82, 2.24) is 10.2 Å². The molecule has 1 aromatic heterocycles. The highest BCUT2D eigenvalue weighted by atomic mass is 16.3. The normalized spacial score (nSPS) is 13.4. The van der Waals surface area contributed by atoms with Gasteiger partial charge in [0.05, 0.1) is 12.8 Å². The molecular formula is C15H28N2O. The van der Waals surface area contributed by atoms with Crippen molar-refractivity contribution in [2.45, 2.75) is 34.2 Å². The SMILES string of the molecule is CCN(Cc1ccco1)CC(C)CNCC(C)C. The molecule has 1 rings (SSSR count). The minimum absolute atomic E-state index is 0.665. The van der Waals surface area contributed by atoms with Gasteiger partial charge in [0.25, 0.3) is 0 Å². The standard InChI is InChI=1S/C15H28N2O/c1-5-17(12-15-7-6-8-18-15)11-14(4)10-16-9-13(2)3/h6-8,13-14,16H,5,9-12H2,1-4H3. The van der Waals surface area contributed by atoms with Crippen molar-refractivity contribution >= 4 is 0 Å². The lowest BCUT2D eigenvalue weighted by Gasteiger charge is -2.23. The summed E-state index contributed by atoms with van der Waals surface area (Å²) in [6, 6.07) is 4.00. The van der Waals surface area contributed by atoms with Crippen molar-refractivity contribution in [2.75, 3.05) is 26.2 Å². The maximum absolute atomic E-state index is 5.40. The van der Waals surface area contributed by atoms with Gasteiger partial charge in [0.2, 0.25) is 0 Å². The number of rotatable bonds is 9. The molecule has 0 fully saturated rings. The second kappa shape index (κ2) is 8.33. The summed E-state index contributed by atoms with van der Waals surface area (Å²) in [5, 5.41) is 3.52. The Kier molecular flexibility index (Phi) is 7.06. The van der Waals surface area contributed by atoms with Crippen molar-refractivity contribution in [3.63, 3.8) is 0 Å². The molecule has 0 amide bonds. The number of furan rings is 1. The topological polar surface area (TPSA) is 28.4 Å². The van der Waals surface area contributed by atoms with Crippen LogP contribution in [-0.4, -0.2) is 31.1 Å². The lowest BCUT2D eigenvalue weighted by Crippen LogP contribution is -2.34. The van der Waals surface area contributed by atoms with Gasteiger partial charge in [0, 0.05) is 6.54 Å². The fraction of sp³-hybridized carbons (Fsp3) is 0.733. The van der Waals surface area contributed by atoms with E-state index in [9.17, 15) is 0 Å². The smallest absolute Gasteiger partial charge is 0.117 e. The molecule has 0 spiro atoms. The van der Waals surface area contributed by atoms with Gasteiger partial charge in [-0.1, -0.05) is 27.7 Å². The molecule has 3 nitrogen and oxygen atoms in total. The summed E-state index contributed by atoms with van der Waals surface area (Å²) in [5.41, 5.74) is 0. The van der Waals surface area contributed by atoms with Crippen LogP contribution in [0.3, 0.4) is 0 Å². The molecule has 0 saturated carbocycles. The van der Waals surface area contributed by atoms with E-state index < -0.39 is 0 Å². The van der Waals surface area contributed by atoms with Crippen molar-refractivity contribution in [3.8, 4) is 0 Å². The zero-order valence-corrected chi connectivity index (χ0v) is 12.3. The Balaban J connectivity index is 2.24. The first-order valence-corrected chi connectivity index (χ1v) is 7.07. The van der Waals surface area contributed by atoms with Crippen LogP contribution in [0.15, 0.2) is 22.8 Å². The second-order valence-corrected chi connectivity index (χ2v) is 5.56. The molecule has 1 heterocycles. The van der Waals surface area contributed by atoms with Crippen LogP contribution in [-0.2, 0) is 6.54 Å². The zero-order valence-electron chi connectivity index (χ0n) is 12.3. The van der Waals surface area contributed by atoms with Crippen molar-refractivity contribution in [3.05, 3.63) is 24.2 Å². The summed E-state index contributed by atoms with van der Waals surface area (Å²) in [5.74, 6) is 2.44. The van der Waals surface area contributed by atoms with Gasteiger partial charge in [-0.05, 0) is 43.6 Å². The average molecular weight is 252 g/mol. The summed E-state index contributed by atoms with van der Waals surface area (Å²) < 4.78 is 5.40. The molecule has 3 heteroatoms. The van der Waals surface area contributed by atoms with Crippen LogP contribution in [0.5, 0.6) is 0 Å². The molecule has 1 N–H and O–H groups in total. The Morgan fingerprint density at radius 1 is 1.28 bits per heavy atom. The highest BCUT2D eigenvalue weighted by molar-refractivity contribution is 4.97. The molecule has 1 aromatic rings. The lowest BCUT2D eigenvalue weighted by molar-refractivity contribution is 0.220. The summed E-state index contributed by atoms with van der Waals surface area (Å²) in [4.78, 5) is 2.43. The third kappa shape index (κ3) is 6.22. The minimum atomic E-state index is 0.665. The minimum Gasteiger partial charge on any atom is -0.468 e. The van der Waals surface area contributed by atoms with Crippen LogP contribution in [0.4, 0.5) is 0 Å². The number of hydrogen-bond acceptors (Lipinski definition) is 3. The molecule has 1 unspecified atom stereocenters. The quantitative estimate of drug-likeness (QED) is 0.732. The zero-order chi connectivity index (χ0) is 13.4. The summed E-state index contributed by atoms with van der Waals surface area (Å²) in [6.45, 7) is 14.3. The van der Waals surface area contributed by atoms with Crippen molar-refractivity contribution in [1.29, 1.82) is 0 Å². The Labute approximate surface area is 112 Å². The first-order valence-electron chi connectivity index (χ1n) is 7.07. The number of hydrogen-bond donors (Lipinski definition) is 1. The molecule has 0 aromatic carbocycles. The summed E-state index contributed by atoms with van der Waals surface area (Å²) in [6.07, 6.45) is 1.75. The first kappa shape index (κ1) is 15.3. The molecule has 0 aliphatic carbocycles. The highest BCUT2D eigenvalue weighted by Gasteiger charge is 2.10. The maximum Gasteiger partial charge on any atom is 0.117 e. The molecule has 1 atom stereocenters. The van der Waals surface area contributed by atoms with Gasteiger partial charge in [0.15, 0.2) is 0 Å². The Morgan fingerprint density at radius 3 is 2.61 bits per heavy atom. The van der Waals surface area contributed by atoms with Crippen LogP contribution in [0, 0.1) is 11.8 Å². The van der Waals surface area contributed by atoms with E-state index in [4.69, 9.17) is 4.42 Å². The lowest BCUT2D eigenvalue weighted by atomic mass is 10.1. The molecule has 0 saturated heterocycles. The molecule has 0 aliphatic rings. The van der Waals surface area contributed by atoms with E-state index in [1.807, 2.05) is 12.1 Å². The highest BCUT2D eigenvalue weighted by Crippen LogP contribution is 2.07. The second-order valence-electron chi connectivity index (χ2n) is 5.56. The van der Waals surface area contributed by atoms with Gasteiger partial charge in [-0.3, -0.25) is 4.90 Å². The molecule has 0 aliphatic heterocycles. The Bertz CT molecular complexity index is 295. The van der Waals surface area contributed by atoms with E-state index in [-0.39, 0.29) is 0 Å². The van der Waals surface area contributed by atoms with Gasteiger partial charge in [-0.15, -0.1) is 0 Å². The maximum atomic E-state index is 5.40. The number of nitrogens with one attached hydrogen (secondary N) is 1. The first-order chi connectivity index (χ1) is 8.61. The predicted molar refractivity (Wildman–Crippen MR) is 76.5 cm³/mol. The molecule has 0 radical (unpaired) electrons. The van der Waals surface area contributed by atoms with Crippen LogP contribution in [0.1, 0.15) is 33.5 Å². The van der Waals surface area contributed by atoms with Gasteiger partial charge in [-0.2, -0.15) is 0 Å². The van der Waals surface area contributed by atoms with Crippen molar-refractivity contribution < 1.29 is 4.42 Å². The molecule has 0 bridgehead atoms. The van der Waals surface area contributed by atoms with E-state index in [1.54, 1.807) is 6.26 Å². The van der Waals surface area contributed by atoms with Crippen LogP contribution < -0.4 is 5.32 Å². The largest absolute Gasteiger partial charge is 0.468 e. The fourth-order valence-electron chi connectivity index (χ4n) is 2.05. The molecule has 18 heavy (non-hydrogen) atoms. The predicted octanol–water partition coefficient (Wildman–Crippen LogP) is 2.98. The van der Waals surface area contributed by atoms with Gasteiger partial charge in [-0.25, -0.2) is 0 Å². The van der Waals surface area contributed by atoms with Crippen molar-refractivity contribution in [2.24, 2.45) is 11.8 Å². The van der Waals surface area contributed by atoms with Gasteiger partial charge >= 0.3 is 0 Å². The van der Waals surface area contributed by atoms with E-state index >= 15 is 0 Å². The molecular weight excluding hydrogens is 224 g/mol. The third-order valence-corrected chi connectivity index (χ3v) is 3.02. The number of nitrogens with zero attached hydrogens (tertiary/aromatic N) is 1.